The summed E-state index contributed by atoms with van der Waals surface area (Å²) in [6.07, 6.45) is 7.55. The minimum Gasteiger partial charge on any atom is -0.347 e. The van der Waals surface area contributed by atoms with Crippen molar-refractivity contribution < 1.29 is 4.79 Å². The molecule has 1 aromatic carbocycles. The lowest BCUT2D eigenvalue weighted by Crippen LogP contribution is -2.22. The fraction of sp³-hybridized carbons (Fsp3) is 0.217. The SMILES string of the molecule is CC1=C/C(=C\C=C2/N(C)c3ccc(Cl)cc3C2(C)C)C(=O)c2ncccc21. The van der Waals surface area contributed by atoms with E-state index in [1.54, 1.807) is 6.20 Å². The first-order valence-electron chi connectivity index (χ1n) is 8.95. The number of ketones is 1. The molecule has 136 valence electrons. The zero-order valence-corrected chi connectivity index (χ0v) is 16.6. The Morgan fingerprint density at radius 3 is 2.74 bits per heavy atom. The van der Waals surface area contributed by atoms with Crippen molar-refractivity contribution in [3.63, 3.8) is 0 Å². The smallest absolute Gasteiger partial charge is 0.211 e. The van der Waals surface area contributed by atoms with Gasteiger partial charge < -0.3 is 4.90 Å². The maximum absolute atomic E-state index is 12.8. The van der Waals surface area contributed by atoms with Crippen LogP contribution in [0.5, 0.6) is 0 Å². The van der Waals surface area contributed by atoms with Gasteiger partial charge in [0.2, 0.25) is 5.78 Å². The lowest BCUT2D eigenvalue weighted by atomic mass is 9.83. The fourth-order valence-corrected chi connectivity index (χ4v) is 4.19. The van der Waals surface area contributed by atoms with Gasteiger partial charge in [0, 0.05) is 46.2 Å². The lowest BCUT2D eigenvalue weighted by Gasteiger charge is -2.24. The average Bonchev–Trinajstić information content (AvgIpc) is 2.83. The Kier molecular flexibility index (Phi) is 4.08. The summed E-state index contributed by atoms with van der Waals surface area (Å²) in [5.74, 6) is -0.0351. The van der Waals surface area contributed by atoms with Crippen LogP contribution in [0.2, 0.25) is 5.02 Å². The van der Waals surface area contributed by atoms with Gasteiger partial charge in [-0.3, -0.25) is 9.78 Å². The van der Waals surface area contributed by atoms with Gasteiger partial charge in [0.15, 0.2) is 0 Å². The monoisotopic (exact) mass is 376 g/mol. The second-order valence-corrected chi connectivity index (χ2v) is 8.01. The van der Waals surface area contributed by atoms with Crippen molar-refractivity contribution in [3.05, 3.63) is 87.9 Å². The summed E-state index contributed by atoms with van der Waals surface area (Å²) >= 11 is 6.22. The average molecular weight is 377 g/mol. The molecule has 2 heterocycles. The van der Waals surface area contributed by atoms with Crippen molar-refractivity contribution in [3.8, 4) is 0 Å². The zero-order chi connectivity index (χ0) is 19.3. The third-order valence-corrected chi connectivity index (χ3v) is 5.73. The zero-order valence-electron chi connectivity index (χ0n) is 15.9. The number of hydrogen-bond acceptors (Lipinski definition) is 3. The van der Waals surface area contributed by atoms with Gasteiger partial charge in [0.25, 0.3) is 0 Å². The number of nitrogens with zero attached hydrogens (tertiary/aromatic N) is 2. The standard InChI is InChI=1S/C23H21ClN2O/c1-14-12-15(22(27)21-17(14)6-5-11-25-21)7-10-20-23(2,3)18-13-16(24)8-9-19(18)26(20)4/h5-13H,1-4H3/b15-7+,20-10-. The number of likely N-dealkylation sites (N-methyl/N-ethyl adjacent to an activating group) is 1. The number of hydrogen-bond donors (Lipinski definition) is 0. The number of rotatable bonds is 1. The molecule has 2 aromatic rings. The van der Waals surface area contributed by atoms with E-state index in [9.17, 15) is 4.79 Å². The molecule has 0 radical (unpaired) electrons. The predicted octanol–water partition coefficient (Wildman–Crippen LogP) is 5.57. The molecule has 4 rings (SSSR count). The number of carbonyl (C=O) groups excluding carboxylic acids is 1. The second-order valence-electron chi connectivity index (χ2n) is 7.58. The maximum atomic E-state index is 12.8. The third kappa shape index (κ3) is 2.74. The highest BCUT2D eigenvalue weighted by Gasteiger charge is 2.38. The molecule has 0 atom stereocenters. The van der Waals surface area contributed by atoms with Gasteiger partial charge in [0.05, 0.1) is 0 Å². The Labute approximate surface area is 164 Å². The lowest BCUT2D eigenvalue weighted by molar-refractivity contribution is 0.103. The van der Waals surface area contributed by atoms with E-state index in [1.165, 1.54) is 5.56 Å². The van der Waals surface area contributed by atoms with Crippen LogP contribution in [-0.2, 0) is 5.41 Å². The molecule has 3 nitrogen and oxygen atoms in total. The highest BCUT2D eigenvalue weighted by atomic mass is 35.5. The topological polar surface area (TPSA) is 33.2 Å². The summed E-state index contributed by atoms with van der Waals surface area (Å²) in [6.45, 7) is 6.37. The summed E-state index contributed by atoms with van der Waals surface area (Å²) in [6, 6.07) is 9.78. The molecule has 1 aromatic heterocycles. The normalized spacial score (nSPS) is 20.7. The van der Waals surface area contributed by atoms with Crippen molar-refractivity contribution in [1.29, 1.82) is 0 Å². The number of fused-ring (bicyclic) bond motifs is 2. The van der Waals surface area contributed by atoms with Crippen molar-refractivity contribution in [2.24, 2.45) is 0 Å². The molecule has 0 fully saturated rings. The summed E-state index contributed by atoms with van der Waals surface area (Å²) < 4.78 is 0. The molecule has 0 N–H and O–H groups in total. The molecule has 0 unspecified atom stereocenters. The van der Waals surface area contributed by atoms with E-state index in [1.807, 2.05) is 62.5 Å². The minimum atomic E-state index is -0.196. The van der Waals surface area contributed by atoms with Crippen LogP contribution in [0.25, 0.3) is 5.57 Å². The highest BCUT2D eigenvalue weighted by Crippen LogP contribution is 2.47. The Morgan fingerprint density at radius 1 is 1.19 bits per heavy atom. The van der Waals surface area contributed by atoms with Gasteiger partial charge >= 0.3 is 0 Å². The molecule has 0 amide bonds. The summed E-state index contributed by atoms with van der Waals surface area (Å²) in [7, 11) is 2.05. The Balaban J connectivity index is 1.77. The van der Waals surface area contributed by atoms with Crippen LogP contribution in [0.1, 0.15) is 42.4 Å². The number of aromatic nitrogens is 1. The Hall–Kier alpha value is -2.65. The quantitative estimate of drug-likeness (QED) is 0.610. The number of anilines is 1. The molecule has 0 saturated carbocycles. The van der Waals surface area contributed by atoms with Gasteiger partial charge in [-0.15, -0.1) is 0 Å². The number of carbonyl (C=O) groups is 1. The van der Waals surface area contributed by atoms with E-state index in [4.69, 9.17) is 11.6 Å². The number of Topliss-reactive ketones (excluding diaryl/α,β-unsaturated/α-hetero) is 1. The van der Waals surface area contributed by atoms with Crippen molar-refractivity contribution >= 4 is 28.6 Å². The first-order valence-corrected chi connectivity index (χ1v) is 9.33. The number of pyridine rings is 1. The molecule has 27 heavy (non-hydrogen) atoms. The van der Waals surface area contributed by atoms with Crippen LogP contribution in [0.3, 0.4) is 0 Å². The predicted molar refractivity (Wildman–Crippen MR) is 111 cm³/mol. The molecule has 0 spiro atoms. The molecular formula is C23H21ClN2O. The van der Waals surface area contributed by atoms with Crippen molar-refractivity contribution in [2.75, 3.05) is 11.9 Å². The van der Waals surface area contributed by atoms with Crippen LogP contribution in [0.4, 0.5) is 5.69 Å². The molecule has 4 heteroatoms. The first-order chi connectivity index (χ1) is 12.8. The van der Waals surface area contributed by atoms with E-state index >= 15 is 0 Å². The molecular weight excluding hydrogens is 356 g/mol. The van der Waals surface area contributed by atoms with Gasteiger partial charge in [-0.1, -0.05) is 31.5 Å². The van der Waals surface area contributed by atoms with Gasteiger partial charge in [-0.2, -0.15) is 0 Å². The number of allylic oxidation sites excluding steroid dienone is 6. The molecule has 0 saturated heterocycles. The van der Waals surface area contributed by atoms with Gasteiger partial charge in [-0.05, 0) is 60.6 Å². The number of halogens is 1. The molecule has 1 aliphatic carbocycles. The van der Waals surface area contributed by atoms with E-state index in [0.717, 1.165) is 27.5 Å². The van der Waals surface area contributed by atoms with E-state index < -0.39 is 0 Å². The van der Waals surface area contributed by atoms with Crippen LogP contribution in [0, 0.1) is 0 Å². The Morgan fingerprint density at radius 2 is 1.96 bits per heavy atom. The van der Waals surface area contributed by atoms with Crippen molar-refractivity contribution in [1.82, 2.24) is 4.98 Å². The third-order valence-electron chi connectivity index (χ3n) is 5.50. The molecule has 2 aliphatic rings. The van der Waals surface area contributed by atoms with E-state index in [-0.39, 0.29) is 11.2 Å². The van der Waals surface area contributed by atoms with Crippen LogP contribution < -0.4 is 4.90 Å². The highest BCUT2D eigenvalue weighted by molar-refractivity contribution is 6.30. The van der Waals surface area contributed by atoms with Crippen LogP contribution in [-0.4, -0.2) is 17.8 Å². The van der Waals surface area contributed by atoms with E-state index in [0.29, 0.717) is 11.3 Å². The minimum absolute atomic E-state index is 0.0351. The maximum Gasteiger partial charge on any atom is 0.211 e. The molecule has 1 aliphatic heterocycles. The summed E-state index contributed by atoms with van der Waals surface area (Å²) in [5, 5.41) is 0.735. The largest absolute Gasteiger partial charge is 0.347 e. The first kappa shape index (κ1) is 17.7. The Bertz CT molecular complexity index is 1060. The van der Waals surface area contributed by atoms with Crippen LogP contribution >= 0.6 is 11.6 Å². The van der Waals surface area contributed by atoms with Gasteiger partial charge in [0.1, 0.15) is 5.69 Å². The summed E-state index contributed by atoms with van der Waals surface area (Å²) in [4.78, 5) is 19.3. The fourth-order valence-electron chi connectivity index (χ4n) is 4.02. The molecule has 0 bridgehead atoms. The van der Waals surface area contributed by atoms with Gasteiger partial charge in [-0.25, -0.2) is 0 Å². The van der Waals surface area contributed by atoms with Crippen molar-refractivity contribution in [2.45, 2.75) is 26.2 Å². The number of benzene rings is 1. The van der Waals surface area contributed by atoms with Crippen LogP contribution in [0.15, 0.2) is 66.0 Å². The second kappa shape index (κ2) is 6.21. The summed E-state index contributed by atoms with van der Waals surface area (Å²) in [5.41, 5.74) is 6.40. The van der Waals surface area contributed by atoms with E-state index in [2.05, 4.69) is 23.7 Å².